The van der Waals surface area contributed by atoms with Crippen LogP contribution in [-0.2, 0) is 6.54 Å². The monoisotopic (exact) mass is 355 g/mol. The van der Waals surface area contributed by atoms with E-state index in [4.69, 9.17) is 9.47 Å². The zero-order valence-electron chi connectivity index (χ0n) is 15.3. The number of rotatable bonds is 5. The van der Waals surface area contributed by atoms with Crippen LogP contribution in [0.4, 0.5) is 10.5 Å². The van der Waals surface area contributed by atoms with Gasteiger partial charge in [0.05, 0.1) is 19.9 Å². The molecule has 1 fully saturated rings. The van der Waals surface area contributed by atoms with Gasteiger partial charge in [-0.05, 0) is 17.7 Å². The van der Waals surface area contributed by atoms with Gasteiger partial charge in [-0.1, -0.05) is 30.3 Å². The van der Waals surface area contributed by atoms with Gasteiger partial charge in [-0.25, -0.2) is 4.79 Å². The first-order chi connectivity index (χ1) is 12.7. The highest BCUT2D eigenvalue weighted by atomic mass is 16.5. The lowest BCUT2D eigenvalue weighted by Gasteiger charge is -2.36. The second-order valence-electron chi connectivity index (χ2n) is 6.16. The first-order valence-corrected chi connectivity index (χ1v) is 8.75. The minimum absolute atomic E-state index is 0.0183. The van der Waals surface area contributed by atoms with Crippen molar-refractivity contribution in [2.24, 2.45) is 0 Å². The molecule has 1 heterocycles. The van der Waals surface area contributed by atoms with Crippen LogP contribution in [0.2, 0.25) is 0 Å². The molecule has 1 aliphatic rings. The van der Waals surface area contributed by atoms with Crippen molar-refractivity contribution in [1.29, 1.82) is 0 Å². The van der Waals surface area contributed by atoms with Gasteiger partial charge in [0.1, 0.15) is 11.5 Å². The van der Waals surface area contributed by atoms with Gasteiger partial charge < -0.3 is 24.6 Å². The standard InChI is InChI=1S/C20H25N3O3/c1-25-17-8-9-18(19(14-17)26-2)22-10-12-23(13-11-22)20(24)21-15-16-6-4-3-5-7-16/h3-9,14H,10-13,15H2,1-2H3,(H,21,24). The second kappa shape index (κ2) is 8.47. The Morgan fingerprint density at radius 1 is 1.00 bits per heavy atom. The molecule has 0 saturated carbocycles. The van der Waals surface area contributed by atoms with E-state index in [2.05, 4.69) is 10.2 Å². The van der Waals surface area contributed by atoms with Crippen LogP contribution in [0.25, 0.3) is 0 Å². The Balaban J connectivity index is 1.55. The molecule has 0 spiro atoms. The molecule has 2 amide bonds. The molecule has 0 atom stereocenters. The summed E-state index contributed by atoms with van der Waals surface area (Å²) in [4.78, 5) is 16.5. The largest absolute Gasteiger partial charge is 0.497 e. The van der Waals surface area contributed by atoms with Crippen molar-refractivity contribution in [2.45, 2.75) is 6.54 Å². The lowest BCUT2D eigenvalue weighted by atomic mass is 10.2. The zero-order valence-corrected chi connectivity index (χ0v) is 15.3. The van der Waals surface area contributed by atoms with E-state index in [9.17, 15) is 4.79 Å². The molecular weight excluding hydrogens is 330 g/mol. The van der Waals surface area contributed by atoms with E-state index >= 15 is 0 Å². The van der Waals surface area contributed by atoms with Crippen molar-refractivity contribution in [1.82, 2.24) is 10.2 Å². The highest BCUT2D eigenvalue weighted by Gasteiger charge is 2.23. The van der Waals surface area contributed by atoms with Crippen molar-refractivity contribution >= 4 is 11.7 Å². The molecule has 0 aliphatic carbocycles. The molecule has 6 nitrogen and oxygen atoms in total. The molecule has 0 aromatic heterocycles. The van der Waals surface area contributed by atoms with Gasteiger partial charge in [-0.2, -0.15) is 0 Å². The number of nitrogens with zero attached hydrogens (tertiary/aromatic N) is 2. The van der Waals surface area contributed by atoms with E-state index in [0.717, 1.165) is 35.8 Å². The molecule has 1 N–H and O–H groups in total. The number of amides is 2. The number of anilines is 1. The third-order valence-electron chi connectivity index (χ3n) is 4.58. The number of hydrogen-bond acceptors (Lipinski definition) is 4. The van der Waals surface area contributed by atoms with Crippen molar-refractivity contribution in [2.75, 3.05) is 45.3 Å². The summed E-state index contributed by atoms with van der Waals surface area (Å²) in [6.07, 6.45) is 0. The van der Waals surface area contributed by atoms with Gasteiger partial charge in [0.15, 0.2) is 0 Å². The number of piperazine rings is 1. The van der Waals surface area contributed by atoms with Gasteiger partial charge in [-0.15, -0.1) is 0 Å². The Labute approximate surface area is 154 Å². The summed E-state index contributed by atoms with van der Waals surface area (Å²) < 4.78 is 10.7. The highest BCUT2D eigenvalue weighted by molar-refractivity contribution is 5.74. The number of carbonyl (C=O) groups excluding carboxylic acids is 1. The maximum atomic E-state index is 12.4. The van der Waals surface area contributed by atoms with E-state index in [0.29, 0.717) is 19.6 Å². The van der Waals surface area contributed by atoms with Crippen LogP contribution < -0.4 is 19.7 Å². The Morgan fingerprint density at radius 3 is 2.38 bits per heavy atom. The van der Waals surface area contributed by atoms with Crippen LogP contribution in [0.5, 0.6) is 11.5 Å². The fourth-order valence-electron chi connectivity index (χ4n) is 3.08. The molecule has 2 aromatic carbocycles. The minimum atomic E-state index is -0.0183. The minimum Gasteiger partial charge on any atom is -0.497 e. The third-order valence-corrected chi connectivity index (χ3v) is 4.58. The topological polar surface area (TPSA) is 54.0 Å². The van der Waals surface area contributed by atoms with Crippen LogP contribution >= 0.6 is 0 Å². The molecular formula is C20H25N3O3. The lowest BCUT2D eigenvalue weighted by Crippen LogP contribution is -2.51. The smallest absolute Gasteiger partial charge is 0.317 e. The average molecular weight is 355 g/mol. The lowest BCUT2D eigenvalue weighted by molar-refractivity contribution is 0.194. The van der Waals surface area contributed by atoms with Gasteiger partial charge in [0, 0.05) is 38.8 Å². The van der Waals surface area contributed by atoms with E-state index in [-0.39, 0.29) is 6.03 Å². The number of nitrogens with one attached hydrogen (secondary N) is 1. The number of methoxy groups -OCH3 is 2. The van der Waals surface area contributed by atoms with E-state index in [1.165, 1.54) is 0 Å². The molecule has 1 aliphatic heterocycles. The van der Waals surface area contributed by atoms with Gasteiger partial charge in [0.2, 0.25) is 0 Å². The van der Waals surface area contributed by atoms with Crippen LogP contribution in [0.3, 0.4) is 0 Å². The quantitative estimate of drug-likeness (QED) is 0.896. The van der Waals surface area contributed by atoms with Crippen LogP contribution in [0.15, 0.2) is 48.5 Å². The summed E-state index contributed by atoms with van der Waals surface area (Å²) in [5.41, 5.74) is 2.13. The number of carbonyl (C=O) groups is 1. The third kappa shape index (κ3) is 4.20. The van der Waals surface area contributed by atoms with Crippen molar-refractivity contribution < 1.29 is 14.3 Å². The van der Waals surface area contributed by atoms with Crippen LogP contribution in [-0.4, -0.2) is 51.3 Å². The maximum Gasteiger partial charge on any atom is 0.317 e. The Hall–Kier alpha value is -2.89. The Morgan fingerprint density at radius 2 is 1.73 bits per heavy atom. The van der Waals surface area contributed by atoms with E-state index < -0.39 is 0 Å². The molecule has 0 bridgehead atoms. The number of urea groups is 1. The second-order valence-corrected chi connectivity index (χ2v) is 6.16. The predicted molar refractivity (Wildman–Crippen MR) is 102 cm³/mol. The number of hydrogen-bond donors (Lipinski definition) is 1. The number of ether oxygens (including phenoxy) is 2. The first-order valence-electron chi connectivity index (χ1n) is 8.75. The molecule has 2 aromatic rings. The molecule has 6 heteroatoms. The normalized spacial score (nSPS) is 14.1. The first kappa shape index (κ1) is 17.9. The van der Waals surface area contributed by atoms with Crippen molar-refractivity contribution in [3.8, 4) is 11.5 Å². The van der Waals surface area contributed by atoms with E-state index in [1.54, 1.807) is 14.2 Å². The maximum absolute atomic E-state index is 12.4. The van der Waals surface area contributed by atoms with Gasteiger partial charge >= 0.3 is 6.03 Å². The molecule has 1 saturated heterocycles. The molecule has 0 unspecified atom stereocenters. The fraction of sp³-hybridized carbons (Fsp3) is 0.350. The highest BCUT2D eigenvalue weighted by Crippen LogP contribution is 2.32. The summed E-state index contributed by atoms with van der Waals surface area (Å²) in [5.74, 6) is 1.55. The Kier molecular flexibility index (Phi) is 5.84. The molecule has 138 valence electrons. The summed E-state index contributed by atoms with van der Waals surface area (Å²) in [5, 5.41) is 2.99. The van der Waals surface area contributed by atoms with Gasteiger partial charge in [-0.3, -0.25) is 0 Å². The van der Waals surface area contributed by atoms with Crippen LogP contribution in [0.1, 0.15) is 5.56 Å². The molecule has 0 radical (unpaired) electrons. The van der Waals surface area contributed by atoms with Gasteiger partial charge in [0.25, 0.3) is 0 Å². The SMILES string of the molecule is COc1ccc(N2CCN(C(=O)NCc3ccccc3)CC2)c(OC)c1. The summed E-state index contributed by atoms with van der Waals surface area (Å²) in [6, 6.07) is 15.7. The summed E-state index contributed by atoms with van der Waals surface area (Å²) in [7, 11) is 3.30. The summed E-state index contributed by atoms with van der Waals surface area (Å²) >= 11 is 0. The fourth-order valence-corrected chi connectivity index (χ4v) is 3.08. The van der Waals surface area contributed by atoms with E-state index in [1.807, 2.05) is 53.4 Å². The molecule has 3 rings (SSSR count). The predicted octanol–water partition coefficient (Wildman–Crippen LogP) is 2.74. The Bertz CT molecular complexity index is 728. The average Bonchev–Trinajstić information content (AvgIpc) is 2.72. The van der Waals surface area contributed by atoms with Crippen molar-refractivity contribution in [3.05, 3.63) is 54.1 Å². The zero-order chi connectivity index (χ0) is 18.4. The summed E-state index contributed by atoms with van der Waals surface area (Å²) in [6.45, 7) is 3.43. The van der Waals surface area contributed by atoms with Crippen LogP contribution in [0, 0.1) is 0 Å². The van der Waals surface area contributed by atoms with Crippen molar-refractivity contribution in [3.63, 3.8) is 0 Å². The number of benzene rings is 2. The molecule has 26 heavy (non-hydrogen) atoms.